The van der Waals surface area contributed by atoms with Crippen LogP contribution in [0.5, 0.6) is 11.5 Å². The number of hydrogen-bond donors (Lipinski definition) is 0. The van der Waals surface area contributed by atoms with Crippen LogP contribution in [0.4, 0.5) is 0 Å². The molecule has 8 rings (SSSR count). The topological polar surface area (TPSA) is 35.0 Å². The van der Waals surface area contributed by atoms with Crippen LogP contribution in [0.2, 0.25) is 0 Å². The molecule has 5 heteroatoms. The van der Waals surface area contributed by atoms with E-state index in [1.807, 2.05) is 60.9 Å². The molecule has 0 amide bonds. The van der Waals surface area contributed by atoms with Gasteiger partial charge in [-0.3, -0.25) is 0 Å². The third kappa shape index (κ3) is 7.03. The van der Waals surface area contributed by atoms with Crippen LogP contribution in [0.15, 0.2) is 134 Å². The summed E-state index contributed by atoms with van der Waals surface area (Å²) in [6, 6.07) is 49.6. The molecule has 0 spiro atoms. The Morgan fingerprint density at radius 3 is 1.80 bits per heavy atom. The van der Waals surface area contributed by atoms with Gasteiger partial charge < -0.3 is 14.7 Å². The molecule has 1 aliphatic rings. The smallest absolute Gasteiger partial charge is 0.169 e. The zero-order valence-corrected chi connectivity index (χ0v) is 33.2. The number of hydrogen-bond acceptors (Lipinski definition) is 3. The maximum Gasteiger partial charge on any atom is 0.169 e. The molecule has 3 heterocycles. The fourth-order valence-electron chi connectivity index (χ4n) is 7.20. The van der Waals surface area contributed by atoms with Crippen LogP contribution in [0.1, 0.15) is 33.4 Å². The molecule has 0 unspecified atom stereocenters. The van der Waals surface area contributed by atoms with Crippen LogP contribution in [0.25, 0.3) is 22.5 Å². The maximum atomic E-state index is 6.75. The molecule has 255 valence electrons. The van der Waals surface area contributed by atoms with E-state index in [1.54, 1.807) is 0 Å². The fourth-order valence-corrected chi connectivity index (χ4v) is 12.5. The second-order valence-corrected chi connectivity index (χ2v) is 17.1. The Labute approximate surface area is 316 Å². The van der Waals surface area contributed by atoms with E-state index in [1.165, 1.54) is 54.1 Å². The summed E-state index contributed by atoms with van der Waals surface area (Å²) < 4.78 is 6.75. The molecule has 0 fully saturated rings. The van der Waals surface area contributed by atoms with Crippen LogP contribution in [0.3, 0.4) is 0 Å². The molecule has 5 aromatic carbocycles. The van der Waals surface area contributed by atoms with Crippen molar-refractivity contribution in [1.82, 2.24) is 9.97 Å². The summed E-state index contributed by atoms with van der Waals surface area (Å²) in [4.78, 5) is 9.05. The zero-order chi connectivity index (χ0) is 34.8. The Hall–Kier alpha value is -4.93. The van der Waals surface area contributed by atoms with Crippen molar-refractivity contribution in [3.63, 3.8) is 0 Å². The van der Waals surface area contributed by atoms with Gasteiger partial charge in [0, 0.05) is 38.2 Å². The Balaban J connectivity index is 0.000000251. The van der Waals surface area contributed by atoms with Crippen LogP contribution >= 0.6 is 0 Å². The van der Waals surface area contributed by atoms with E-state index in [4.69, 9.17) is 4.74 Å². The SMILES string of the molecule is Cc1cc(C)cc([Si]2(c3cc(C)cc(C)c3)c3ccccc3Oc3c(-c4ccccn4)[c-]ccc32)c1.Cc1cnc(-c2[c-]cccc2)cc1C.[Ir]. The maximum absolute atomic E-state index is 6.75. The van der Waals surface area contributed by atoms with E-state index < -0.39 is 8.07 Å². The first kappa shape index (κ1) is 35.9. The van der Waals surface area contributed by atoms with E-state index >= 15 is 0 Å². The molecule has 1 radical (unpaired) electrons. The number of benzene rings is 5. The Morgan fingerprint density at radius 1 is 0.549 bits per heavy atom. The second-order valence-electron chi connectivity index (χ2n) is 13.3. The zero-order valence-electron chi connectivity index (χ0n) is 29.8. The standard InChI is InChI=1S/C33H28NOSi.C13H12N.Ir/c1-22-16-23(2)19-26(18-22)36(27-20-24(3)17-25(4)21-27)31-13-6-5-12-30(31)35-33-28(10-9-14-32(33)36)29-11-7-8-15-34-29;1-10-8-13(14-9-11(10)2)12-6-4-3-5-7-12;/h5-9,11-21H,1-4H3;3-6,8-9H,1-2H3;/q2*-1;. The van der Waals surface area contributed by atoms with Crippen molar-refractivity contribution in [2.75, 3.05) is 0 Å². The largest absolute Gasteiger partial charge is 0.502 e. The minimum atomic E-state index is -2.74. The summed E-state index contributed by atoms with van der Waals surface area (Å²) >= 11 is 0. The van der Waals surface area contributed by atoms with Crippen LogP contribution in [0, 0.1) is 53.7 Å². The van der Waals surface area contributed by atoms with Crippen LogP contribution in [-0.2, 0) is 20.1 Å². The van der Waals surface area contributed by atoms with Gasteiger partial charge in [0.2, 0.25) is 0 Å². The van der Waals surface area contributed by atoms with Crippen molar-refractivity contribution in [2.45, 2.75) is 41.5 Å². The normalized spacial score (nSPS) is 12.3. The molecule has 3 nitrogen and oxygen atoms in total. The average Bonchev–Trinajstić information content (AvgIpc) is 3.12. The minimum absolute atomic E-state index is 0. The fraction of sp³-hybridized carbons (Fsp3) is 0.130. The van der Waals surface area contributed by atoms with Gasteiger partial charge in [-0.15, -0.1) is 54.1 Å². The monoisotopic (exact) mass is 857 g/mol. The molecule has 0 N–H and O–H groups in total. The quantitative estimate of drug-likeness (QED) is 0.132. The average molecular weight is 857 g/mol. The van der Waals surface area contributed by atoms with Gasteiger partial charge in [-0.25, -0.2) is 0 Å². The van der Waals surface area contributed by atoms with Gasteiger partial charge in [0.25, 0.3) is 0 Å². The van der Waals surface area contributed by atoms with Crippen molar-refractivity contribution in [1.29, 1.82) is 0 Å². The Bertz CT molecular complexity index is 2230. The number of fused-ring (bicyclic) bond motifs is 2. The van der Waals surface area contributed by atoms with E-state index in [2.05, 4.69) is 136 Å². The molecule has 0 saturated carbocycles. The number of rotatable bonds is 4. The first-order chi connectivity index (χ1) is 24.2. The Kier molecular flexibility index (Phi) is 10.6. The molecule has 0 atom stereocenters. The molecule has 1 aliphatic heterocycles. The number of aromatic nitrogens is 2. The molecular formula is C46H40IrN2OSi-2. The van der Waals surface area contributed by atoms with E-state index in [9.17, 15) is 0 Å². The predicted octanol–water partition coefficient (Wildman–Crippen LogP) is 8.43. The van der Waals surface area contributed by atoms with Crippen molar-refractivity contribution < 1.29 is 24.8 Å². The third-order valence-electron chi connectivity index (χ3n) is 9.44. The molecule has 0 bridgehead atoms. The van der Waals surface area contributed by atoms with Gasteiger partial charge in [-0.05, 0) is 86.2 Å². The van der Waals surface area contributed by atoms with E-state index in [0.29, 0.717) is 0 Å². The predicted molar refractivity (Wildman–Crippen MR) is 209 cm³/mol. The summed E-state index contributed by atoms with van der Waals surface area (Å²) in [6.07, 6.45) is 3.74. The number of para-hydroxylation sites is 1. The minimum Gasteiger partial charge on any atom is -0.502 e. The van der Waals surface area contributed by atoms with E-state index in [-0.39, 0.29) is 20.1 Å². The number of aryl methyl sites for hydroxylation is 6. The van der Waals surface area contributed by atoms with Gasteiger partial charge in [-0.1, -0.05) is 111 Å². The summed E-state index contributed by atoms with van der Waals surface area (Å²) in [5.41, 5.74) is 11.4. The summed E-state index contributed by atoms with van der Waals surface area (Å²) in [6.45, 7) is 13.0. The molecule has 51 heavy (non-hydrogen) atoms. The van der Waals surface area contributed by atoms with Crippen LogP contribution < -0.4 is 25.5 Å². The van der Waals surface area contributed by atoms with Crippen LogP contribution in [-0.4, -0.2) is 18.0 Å². The van der Waals surface area contributed by atoms with Gasteiger partial charge in [0.05, 0.1) is 0 Å². The van der Waals surface area contributed by atoms with Crippen molar-refractivity contribution in [2.24, 2.45) is 0 Å². The summed E-state index contributed by atoms with van der Waals surface area (Å²) in [7, 11) is -2.74. The molecule has 0 aliphatic carbocycles. The van der Waals surface area contributed by atoms with Crippen molar-refractivity contribution in [3.05, 3.63) is 179 Å². The van der Waals surface area contributed by atoms with E-state index in [0.717, 1.165) is 34.0 Å². The first-order valence-corrected chi connectivity index (χ1v) is 19.1. The second kappa shape index (κ2) is 15.1. The molecule has 7 aromatic rings. The summed E-state index contributed by atoms with van der Waals surface area (Å²) in [5, 5.41) is 5.28. The van der Waals surface area contributed by atoms with Gasteiger partial charge >= 0.3 is 0 Å². The Morgan fingerprint density at radius 2 is 1.20 bits per heavy atom. The molecule has 2 aromatic heterocycles. The van der Waals surface area contributed by atoms with Gasteiger partial charge in [-0.2, -0.15) is 0 Å². The molecule has 0 saturated heterocycles. The first-order valence-electron chi connectivity index (χ1n) is 17.1. The number of pyridine rings is 2. The van der Waals surface area contributed by atoms with Gasteiger partial charge in [0.15, 0.2) is 8.07 Å². The number of nitrogens with zero attached hydrogens (tertiary/aromatic N) is 2. The third-order valence-corrected chi connectivity index (χ3v) is 14.2. The van der Waals surface area contributed by atoms with Crippen molar-refractivity contribution >= 4 is 28.8 Å². The van der Waals surface area contributed by atoms with Gasteiger partial charge in [0.1, 0.15) is 5.75 Å². The molecular weight excluding hydrogens is 817 g/mol. The van der Waals surface area contributed by atoms with Crippen molar-refractivity contribution in [3.8, 4) is 34.0 Å². The summed E-state index contributed by atoms with van der Waals surface area (Å²) in [5.74, 6) is 1.80. The number of ether oxygens (including phenoxy) is 1.